The summed E-state index contributed by atoms with van der Waals surface area (Å²) >= 11 is 0. The SMILES string of the molecule is Cc1ccc(C)c(Nc2cc(C(=O)NCc3ccncc3)ncn2)c1. The number of carbonyl (C=O) groups excluding carboxylic acids is 1. The van der Waals surface area contributed by atoms with Gasteiger partial charge in [-0.1, -0.05) is 12.1 Å². The van der Waals surface area contributed by atoms with Gasteiger partial charge in [-0.3, -0.25) is 9.78 Å². The highest BCUT2D eigenvalue weighted by Crippen LogP contribution is 2.20. The molecule has 2 aromatic heterocycles. The predicted octanol–water partition coefficient (Wildman–Crippen LogP) is 3.16. The van der Waals surface area contributed by atoms with Crippen LogP contribution in [0.1, 0.15) is 27.2 Å². The van der Waals surface area contributed by atoms with Crippen molar-refractivity contribution in [2.75, 3.05) is 5.32 Å². The maximum Gasteiger partial charge on any atom is 0.270 e. The third kappa shape index (κ3) is 4.38. The Morgan fingerprint density at radius 2 is 1.84 bits per heavy atom. The molecular formula is C19H19N5O. The number of hydrogen-bond acceptors (Lipinski definition) is 5. The Kier molecular flexibility index (Phi) is 4.99. The highest BCUT2D eigenvalue weighted by molar-refractivity contribution is 5.92. The molecule has 0 saturated heterocycles. The minimum atomic E-state index is -0.247. The van der Waals surface area contributed by atoms with Crippen molar-refractivity contribution < 1.29 is 4.79 Å². The van der Waals surface area contributed by atoms with Gasteiger partial charge in [0, 0.05) is 30.7 Å². The van der Waals surface area contributed by atoms with Crippen LogP contribution in [0.5, 0.6) is 0 Å². The number of hydrogen-bond donors (Lipinski definition) is 2. The summed E-state index contributed by atoms with van der Waals surface area (Å²) in [6.07, 6.45) is 4.77. The van der Waals surface area contributed by atoms with Crippen LogP contribution in [0.4, 0.5) is 11.5 Å². The first-order valence-corrected chi connectivity index (χ1v) is 7.95. The first-order valence-electron chi connectivity index (χ1n) is 7.95. The lowest BCUT2D eigenvalue weighted by atomic mass is 10.1. The molecule has 0 aliphatic heterocycles. The van der Waals surface area contributed by atoms with Crippen molar-refractivity contribution in [2.24, 2.45) is 0 Å². The number of amides is 1. The monoisotopic (exact) mass is 333 g/mol. The van der Waals surface area contributed by atoms with E-state index in [1.165, 1.54) is 6.33 Å². The van der Waals surface area contributed by atoms with Gasteiger partial charge in [0.05, 0.1) is 0 Å². The van der Waals surface area contributed by atoms with Crippen LogP contribution in [0.25, 0.3) is 0 Å². The van der Waals surface area contributed by atoms with Crippen LogP contribution in [0.15, 0.2) is 55.1 Å². The summed E-state index contributed by atoms with van der Waals surface area (Å²) in [5, 5.41) is 6.08. The third-order valence-corrected chi connectivity index (χ3v) is 3.76. The zero-order chi connectivity index (χ0) is 17.6. The maximum absolute atomic E-state index is 12.3. The molecule has 6 heteroatoms. The molecule has 0 saturated carbocycles. The minimum absolute atomic E-state index is 0.247. The van der Waals surface area contributed by atoms with Gasteiger partial charge in [0.15, 0.2) is 0 Å². The van der Waals surface area contributed by atoms with E-state index >= 15 is 0 Å². The quantitative estimate of drug-likeness (QED) is 0.750. The average molecular weight is 333 g/mol. The Morgan fingerprint density at radius 1 is 1.04 bits per heavy atom. The number of aromatic nitrogens is 3. The summed E-state index contributed by atoms with van der Waals surface area (Å²) in [6.45, 7) is 4.47. The fourth-order valence-electron chi connectivity index (χ4n) is 2.33. The van der Waals surface area contributed by atoms with Crippen LogP contribution >= 0.6 is 0 Å². The molecule has 0 spiro atoms. The van der Waals surface area contributed by atoms with Gasteiger partial charge in [-0.05, 0) is 48.7 Å². The van der Waals surface area contributed by atoms with Gasteiger partial charge in [-0.15, -0.1) is 0 Å². The van der Waals surface area contributed by atoms with Crippen LogP contribution in [-0.2, 0) is 6.54 Å². The molecular weight excluding hydrogens is 314 g/mol. The molecule has 0 aliphatic carbocycles. The fraction of sp³-hybridized carbons (Fsp3) is 0.158. The molecule has 1 aromatic carbocycles. The Hall–Kier alpha value is -3.28. The second kappa shape index (κ2) is 7.53. The number of aryl methyl sites for hydroxylation is 2. The lowest BCUT2D eigenvalue weighted by molar-refractivity contribution is 0.0946. The molecule has 2 heterocycles. The van der Waals surface area contributed by atoms with Crippen LogP contribution in [0, 0.1) is 13.8 Å². The number of pyridine rings is 1. The summed E-state index contributed by atoms with van der Waals surface area (Å²) in [7, 11) is 0. The van der Waals surface area contributed by atoms with Crippen LogP contribution in [0.2, 0.25) is 0 Å². The summed E-state index contributed by atoms with van der Waals surface area (Å²) in [4.78, 5) is 24.5. The molecule has 0 bridgehead atoms. The summed E-state index contributed by atoms with van der Waals surface area (Å²) in [5.74, 6) is 0.334. The minimum Gasteiger partial charge on any atom is -0.347 e. The van der Waals surface area contributed by atoms with E-state index in [1.54, 1.807) is 18.5 Å². The van der Waals surface area contributed by atoms with Crippen molar-refractivity contribution in [2.45, 2.75) is 20.4 Å². The van der Waals surface area contributed by atoms with E-state index in [4.69, 9.17) is 0 Å². The first-order chi connectivity index (χ1) is 12.1. The fourth-order valence-corrected chi connectivity index (χ4v) is 2.33. The number of anilines is 2. The highest BCUT2D eigenvalue weighted by atomic mass is 16.1. The van der Waals surface area contributed by atoms with Crippen molar-refractivity contribution in [3.8, 4) is 0 Å². The largest absolute Gasteiger partial charge is 0.347 e. The normalized spacial score (nSPS) is 10.3. The van der Waals surface area contributed by atoms with Gasteiger partial charge < -0.3 is 10.6 Å². The van der Waals surface area contributed by atoms with Crippen molar-refractivity contribution in [1.29, 1.82) is 0 Å². The predicted molar refractivity (Wildman–Crippen MR) is 96.6 cm³/mol. The summed E-state index contributed by atoms with van der Waals surface area (Å²) < 4.78 is 0. The van der Waals surface area contributed by atoms with E-state index in [0.717, 1.165) is 22.4 Å². The number of carbonyl (C=O) groups is 1. The zero-order valence-electron chi connectivity index (χ0n) is 14.2. The number of nitrogens with zero attached hydrogens (tertiary/aromatic N) is 3. The molecule has 0 aliphatic rings. The van der Waals surface area contributed by atoms with E-state index in [-0.39, 0.29) is 5.91 Å². The molecule has 126 valence electrons. The van der Waals surface area contributed by atoms with E-state index in [9.17, 15) is 4.79 Å². The van der Waals surface area contributed by atoms with Crippen molar-refractivity contribution in [3.63, 3.8) is 0 Å². The second-order valence-electron chi connectivity index (χ2n) is 5.77. The van der Waals surface area contributed by atoms with Crippen molar-refractivity contribution in [3.05, 3.63) is 77.5 Å². The second-order valence-corrected chi connectivity index (χ2v) is 5.77. The Morgan fingerprint density at radius 3 is 2.64 bits per heavy atom. The van der Waals surface area contributed by atoms with E-state index in [2.05, 4.69) is 31.7 Å². The van der Waals surface area contributed by atoms with Gasteiger partial charge >= 0.3 is 0 Å². The summed E-state index contributed by atoms with van der Waals surface area (Å²) in [5.41, 5.74) is 4.51. The van der Waals surface area contributed by atoms with Gasteiger partial charge in [-0.25, -0.2) is 9.97 Å². The average Bonchev–Trinajstić information content (AvgIpc) is 2.64. The first kappa shape index (κ1) is 16.6. The van der Waals surface area contributed by atoms with Gasteiger partial charge in [-0.2, -0.15) is 0 Å². The molecule has 1 amide bonds. The highest BCUT2D eigenvalue weighted by Gasteiger charge is 2.09. The molecule has 0 radical (unpaired) electrons. The zero-order valence-corrected chi connectivity index (χ0v) is 14.2. The van der Waals surface area contributed by atoms with Crippen LogP contribution in [0.3, 0.4) is 0 Å². The third-order valence-electron chi connectivity index (χ3n) is 3.76. The molecule has 2 N–H and O–H groups in total. The van der Waals surface area contributed by atoms with E-state index in [1.807, 2.05) is 38.1 Å². The van der Waals surface area contributed by atoms with Gasteiger partial charge in [0.1, 0.15) is 17.8 Å². The van der Waals surface area contributed by atoms with Crippen molar-refractivity contribution in [1.82, 2.24) is 20.3 Å². The Bertz CT molecular complexity index is 880. The Labute approximate surface area is 146 Å². The van der Waals surface area contributed by atoms with E-state index < -0.39 is 0 Å². The lowest BCUT2D eigenvalue weighted by Crippen LogP contribution is -2.24. The molecule has 6 nitrogen and oxygen atoms in total. The topological polar surface area (TPSA) is 79.8 Å². The van der Waals surface area contributed by atoms with Gasteiger partial charge in [0.2, 0.25) is 0 Å². The lowest BCUT2D eigenvalue weighted by Gasteiger charge is -2.10. The number of nitrogens with one attached hydrogen (secondary N) is 2. The smallest absolute Gasteiger partial charge is 0.270 e. The molecule has 0 atom stereocenters. The van der Waals surface area contributed by atoms with Crippen molar-refractivity contribution >= 4 is 17.4 Å². The van der Waals surface area contributed by atoms with Gasteiger partial charge in [0.25, 0.3) is 5.91 Å². The van der Waals surface area contributed by atoms with Crippen LogP contribution < -0.4 is 10.6 Å². The number of rotatable bonds is 5. The molecule has 25 heavy (non-hydrogen) atoms. The molecule has 3 rings (SSSR count). The van der Waals surface area contributed by atoms with E-state index in [0.29, 0.717) is 18.1 Å². The standard InChI is InChI=1S/C19H19N5O/c1-13-3-4-14(2)16(9-13)24-18-10-17(22-12-23-18)19(25)21-11-15-5-7-20-8-6-15/h3-10,12H,11H2,1-2H3,(H,21,25)(H,22,23,24). The molecule has 0 unspecified atom stereocenters. The molecule has 3 aromatic rings. The molecule has 0 fully saturated rings. The number of benzene rings is 1. The van der Waals surface area contributed by atoms with Crippen LogP contribution in [-0.4, -0.2) is 20.9 Å². The summed E-state index contributed by atoms with van der Waals surface area (Å²) in [6, 6.07) is 11.5. The Balaban J connectivity index is 1.70. The maximum atomic E-state index is 12.3.